The van der Waals surface area contributed by atoms with Crippen LogP contribution in [-0.4, -0.2) is 29.2 Å². The van der Waals surface area contributed by atoms with E-state index in [9.17, 15) is 26.7 Å². The molecule has 2 aromatic heterocycles. The first kappa shape index (κ1) is 22.9. The molecule has 3 aromatic rings. The van der Waals surface area contributed by atoms with Crippen molar-refractivity contribution >= 4 is 11.5 Å². The molecule has 0 radical (unpaired) electrons. The van der Waals surface area contributed by atoms with Crippen molar-refractivity contribution in [2.24, 2.45) is 0 Å². The lowest BCUT2D eigenvalue weighted by molar-refractivity contribution is -0.275. The van der Waals surface area contributed by atoms with Gasteiger partial charge in [0.2, 0.25) is 0 Å². The average Bonchev–Trinajstić information content (AvgIpc) is 2.73. The van der Waals surface area contributed by atoms with Gasteiger partial charge in [0.1, 0.15) is 11.5 Å². The third kappa shape index (κ3) is 5.29. The number of Topliss-reactive ketones (excluding diaryl/α,β-unsaturated/α-hetero) is 1. The summed E-state index contributed by atoms with van der Waals surface area (Å²) in [5, 5.41) is 0. The molecule has 0 aliphatic heterocycles. The highest BCUT2D eigenvalue weighted by atomic mass is 19.4. The molecule has 0 amide bonds. The van der Waals surface area contributed by atoms with Crippen LogP contribution in [-0.2, 0) is 0 Å². The van der Waals surface area contributed by atoms with Crippen molar-refractivity contribution in [2.45, 2.75) is 18.7 Å². The number of carbonyl (C=O) groups excluding carboxylic acids is 1. The zero-order chi connectivity index (χ0) is 23.5. The molecule has 0 unspecified atom stereocenters. The van der Waals surface area contributed by atoms with Crippen LogP contribution in [0.3, 0.4) is 0 Å². The van der Waals surface area contributed by atoms with Gasteiger partial charge in [-0.25, -0.2) is 13.8 Å². The minimum atomic E-state index is -5.09. The van der Waals surface area contributed by atoms with Gasteiger partial charge in [-0.3, -0.25) is 9.78 Å². The Hall–Kier alpha value is -3.76. The number of benzene rings is 1. The minimum Gasteiger partial charge on any atom is -0.493 e. The van der Waals surface area contributed by atoms with Crippen molar-refractivity contribution in [3.05, 3.63) is 77.4 Å². The largest absolute Gasteiger partial charge is 0.573 e. The van der Waals surface area contributed by atoms with Gasteiger partial charge in [-0.05, 0) is 35.9 Å². The van der Waals surface area contributed by atoms with Crippen molar-refractivity contribution < 1.29 is 36.2 Å². The lowest BCUT2D eigenvalue weighted by atomic mass is 9.89. The van der Waals surface area contributed by atoms with Crippen molar-refractivity contribution in [3.8, 4) is 11.5 Å². The van der Waals surface area contributed by atoms with Crippen LogP contribution in [0.1, 0.15) is 34.1 Å². The van der Waals surface area contributed by atoms with Crippen LogP contribution in [0.25, 0.3) is 0 Å². The van der Waals surface area contributed by atoms with Gasteiger partial charge in [-0.1, -0.05) is 6.07 Å². The third-order valence-corrected chi connectivity index (χ3v) is 4.49. The summed E-state index contributed by atoms with van der Waals surface area (Å²) in [5.41, 5.74) is 5.71. The molecule has 2 N–H and O–H groups in total. The van der Waals surface area contributed by atoms with E-state index in [1.807, 2.05) is 0 Å². The molecule has 0 saturated heterocycles. The highest BCUT2D eigenvalue weighted by Gasteiger charge is 2.33. The number of anilines is 1. The number of methoxy groups -OCH3 is 1. The number of ketones is 1. The van der Waals surface area contributed by atoms with Gasteiger partial charge in [0.25, 0.3) is 0 Å². The molecule has 11 heteroatoms. The molecule has 1 atom stereocenters. The third-order valence-electron chi connectivity index (χ3n) is 4.49. The Kier molecular flexibility index (Phi) is 6.56. The van der Waals surface area contributed by atoms with Crippen molar-refractivity contribution in [2.75, 3.05) is 12.8 Å². The van der Waals surface area contributed by atoms with Gasteiger partial charge in [0.15, 0.2) is 23.1 Å². The molecule has 2 heterocycles. The summed E-state index contributed by atoms with van der Waals surface area (Å²) in [6.07, 6.45) is -2.99. The lowest BCUT2D eigenvalue weighted by Crippen LogP contribution is -2.18. The van der Waals surface area contributed by atoms with E-state index in [1.165, 1.54) is 31.6 Å². The molecule has 32 heavy (non-hydrogen) atoms. The Labute approximate surface area is 178 Å². The average molecular weight is 453 g/mol. The zero-order valence-corrected chi connectivity index (χ0v) is 16.5. The zero-order valence-electron chi connectivity index (χ0n) is 16.5. The van der Waals surface area contributed by atoms with Gasteiger partial charge in [0.05, 0.1) is 24.7 Å². The van der Waals surface area contributed by atoms with Crippen LogP contribution in [0.15, 0.2) is 48.8 Å². The number of nitrogens with zero attached hydrogens (tertiary/aromatic N) is 2. The van der Waals surface area contributed by atoms with E-state index in [0.717, 1.165) is 24.3 Å². The highest BCUT2D eigenvalue weighted by molar-refractivity contribution is 5.96. The molecular formula is C21H16F5N3O3. The number of pyridine rings is 2. The standard InChI is InChI=1S/C21H16F5N3O3/c1-31-19-10-29-16(9-15(19)27)17(30)8-12(20-13(22)3-2-6-28-20)11-4-5-18(14(23)7-11)32-21(24,25)26/h2-7,9-10,12H,8H2,1H3,(H2,27,29)/t12-/m0/s1. The molecule has 0 aliphatic carbocycles. The molecule has 3 rings (SSSR count). The topological polar surface area (TPSA) is 87.3 Å². The maximum atomic E-state index is 14.5. The summed E-state index contributed by atoms with van der Waals surface area (Å²) >= 11 is 0. The highest BCUT2D eigenvalue weighted by Crippen LogP contribution is 2.34. The molecule has 168 valence electrons. The molecule has 0 saturated carbocycles. The van der Waals surface area contributed by atoms with Crippen LogP contribution < -0.4 is 15.2 Å². The van der Waals surface area contributed by atoms with E-state index in [1.54, 1.807) is 0 Å². The van der Waals surface area contributed by atoms with E-state index in [-0.39, 0.29) is 28.4 Å². The van der Waals surface area contributed by atoms with Gasteiger partial charge in [-0.2, -0.15) is 0 Å². The van der Waals surface area contributed by atoms with Crippen LogP contribution in [0.4, 0.5) is 27.6 Å². The fourth-order valence-electron chi connectivity index (χ4n) is 3.04. The molecule has 0 spiro atoms. The van der Waals surface area contributed by atoms with Gasteiger partial charge in [-0.15, -0.1) is 13.2 Å². The quantitative estimate of drug-likeness (QED) is 0.414. The second-order valence-electron chi connectivity index (χ2n) is 6.60. The Morgan fingerprint density at radius 3 is 2.44 bits per heavy atom. The predicted molar refractivity (Wildman–Crippen MR) is 103 cm³/mol. The number of ether oxygens (including phenoxy) is 2. The van der Waals surface area contributed by atoms with E-state index >= 15 is 0 Å². The van der Waals surface area contributed by atoms with Gasteiger partial charge in [0, 0.05) is 18.5 Å². The number of rotatable bonds is 7. The molecular weight excluding hydrogens is 437 g/mol. The summed E-state index contributed by atoms with van der Waals surface area (Å²) in [6, 6.07) is 6.29. The number of hydrogen-bond acceptors (Lipinski definition) is 6. The van der Waals surface area contributed by atoms with Crippen molar-refractivity contribution in [1.29, 1.82) is 0 Å². The van der Waals surface area contributed by atoms with Crippen molar-refractivity contribution in [1.82, 2.24) is 9.97 Å². The molecule has 6 nitrogen and oxygen atoms in total. The van der Waals surface area contributed by atoms with Gasteiger partial charge >= 0.3 is 6.36 Å². The normalized spacial score (nSPS) is 12.3. The Morgan fingerprint density at radius 2 is 1.84 bits per heavy atom. The summed E-state index contributed by atoms with van der Waals surface area (Å²) < 4.78 is 74.6. The summed E-state index contributed by atoms with van der Waals surface area (Å²) in [5.74, 6) is -4.62. The summed E-state index contributed by atoms with van der Waals surface area (Å²) in [4.78, 5) is 20.7. The second kappa shape index (κ2) is 9.16. The smallest absolute Gasteiger partial charge is 0.493 e. The van der Waals surface area contributed by atoms with Crippen LogP contribution in [0, 0.1) is 11.6 Å². The SMILES string of the molecule is COc1cnc(C(=O)C[C@@H](c2ccc(OC(F)(F)F)c(F)c2)c2ncccc2F)cc1N. The van der Waals surface area contributed by atoms with E-state index < -0.39 is 41.9 Å². The van der Waals surface area contributed by atoms with Crippen molar-refractivity contribution in [3.63, 3.8) is 0 Å². The maximum Gasteiger partial charge on any atom is 0.573 e. The Morgan fingerprint density at radius 1 is 1.09 bits per heavy atom. The first-order valence-corrected chi connectivity index (χ1v) is 9.07. The number of halogens is 5. The number of carbonyl (C=O) groups is 1. The van der Waals surface area contributed by atoms with E-state index in [4.69, 9.17) is 10.5 Å². The van der Waals surface area contributed by atoms with E-state index in [0.29, 0.717) is 0 Å². The first-order valence-electron chi connectivity index (χ1n) is 9.07. The molecule has 1 aromatic carbocycles. The second-order valence-corrected chi connectivity index (χ2v) is 6.60. The number of nitrogens with two attached hydrogens (primary N) is 1. The Bertz CT molecular complexity index is 1140. The van der Waals surface area contributed by atoms with Crippen LogP contribution in [0.2, 0.25) is 0 Å². The molecule has 0 fully saturated rings. The fraction of sp³-hybridized carbons (Fsp3) is 0.190. The minimum absolute atomic E-state index is 0.0180. The van der Waals surface area contributed by atoms with Crippen LogP contribution >= 0.6 is 0 Å². The van der Waals surface area contributed by atoms with Crippen LogP contribution in [0.5, 0.6) is 11.5 Å². The van der Waals surface area contributed by atoms with E-state index in [2.05, 4.69) is 14.7 Å². The molecule has 0 aliphatic rings. The number of aromatic nitrogens is 2. The number of nitrogen functional groups attached to an aromatic ring is 1. The molecule has 0 bridgehead atoms. The monoisotopic (exact) mass is 453 g/mol. The predicted octanol–water partition coefficient (Wildman–Crippen LogP) is 4.65. The fourth-order valence-corrected chi connectivity index (χ4v) is 3.04. The first-order chi connectivity index (χ1) is 15.1. The van der Waals surface area contributed by atoms with Gasteiger partial charge < -0.3 is 15.2 Å². The summed E-state index contributed by atoms with van der Waals surface area (Å²) in [6.45, 7) is 0. The lowest BCUT2D eigenvalue weighted by Gasteiger charge is -2.18. The number of hydrogen-bond donors (Lipinski definition) is 1. The maximum absolute atomic E-state index is 14.5. The summed E-state index contributed by atoms with van der Waals surface area (Å²) in [7, 11) is 1.37. The Balaban J connectivity index is 1.98. The number of alkyl halides is 3.